The van der Waals surface area contributed by atoms with E-state index in [2.05, 4.69) is 20.9 Å². The number of hydrogen-bond donors (Lipinski definition) is 4. The number of hydrogen-bond acceptors (Lipinski definition) is 6. The Balaban J connectivity index is 1.59. The van der Waals surface area contributed by atoms with Crippen molar-refractivity contribution < 1.29 is 23.6 Å². The van der Waals surface area contributed by atoms with Crippen molar-refractivity contribution in [2.45, 2.75) is 31.3 Å². The van der Waals surface area contributed by atoms with Gasteiger partial charge in [-0.1, -0.05) is 30.3 Å². The quantitative estimate of drug-likeness (QED) is 0.318. The van der Waals surface area contributed by atoms with Crippen LogP contribution in [0.15, 0.2) is 72.1 Å². The van der Waals surface area contributed by atoms with Crippen LogP contribution in [-0.4, -0.2) is 47.3 Å². The first-order valence-corrected chi connectivity index (χ1v) is 11.8. The lowest BCUT2D eigenvalue weighted by Gasteiger charge is -2.25. The maximum atomic E-state index is 13.9. The average Bonchev–Trinajstić information content (AvgIpc) is 3.53. The highest BCUT2D eigenvalue weighted by atomic mass is 19.1. The van der Waals surface area contributed by atoms with Gasteiger partial charge in [0.1, 0.15) is 35.0 Å². The molecular formula is C28H25FN4O4. The number of aromatic nitrogens is 1. The van der Waals surface area contributed by atoms with Crippen molar-refractivity contribution in [2.24, 2.45) is 5.92 Å². The predicted octanol–water partition coefficient (Wildman–Crippen LogP) is 2.42. The average molecular weight is 501 g/mol. The summed E-state index contributed by atoms with van der Waals surface area (Å²) in [6, 6.07) is 13.4. The van der Waals surface area contributed by atoms with Gasteiger partial charge in [-0.2, -0.15) is 0 Å². The summed E-state index contributed by atoms with van der Waals surface area (Å²) >= 11 is 0. The maximum Gasteiger partial charge on any atom is 0.268 e. The first kappa shape index (κ1) is 25.4. The van der Waals surface area contributed by atoms with Crippen LogP contribution in [0.4, 0.5) is 4.39 Å². The topological polar surface area (TPSA) is 120 Å². The molecule has 0 spiro atoms. The normalized spacial score (nSPS) is 16.0. The third-order valence-electron chi connectivity index (χ3n) is 6.34. The van der Waals surface area contributed by atoms with Crippen molar-refractivity contribution in [1.82, 2.24) is 20.9 Å². The number of H-pyrrole nitrogens is 1. The van der Waals surface area contributed by atoms with E-state index in [1.807, 2.05) is 36.1 Å². The van der Waals surface area contributed by atoms with Crippen molar-refractivity contribution in [3.8, 4) is 0 Å². The molecule has 1 aliphatic rings. The number of fused-ring (bicyclic) bond motifs is 1. The Morgan fingerprint density at radius 2 is 1.95 bits per heavy atom. The summed E-state index contributed by atoms with van der Waals surface area (Å²) in [6.07, 6.45) is 2.29. The monoisotopic (exact) mass is 500 g/mol. The fourth-order valence-corrected chi connectivity index (χ4v) is 4.54. The second kappa shape index (κ2) is 11.8. The molecule has 4 rings (SSSR count). The highest BCUT2D eigenvalue weighted by Gasteiger charge is 2.27. The number of carbonyl (C=O) groups is 1. The van der Waals surface area contributed by atoms with Gasteiger partial charge in [0, 0.05) is 29.4 Å². The zero-order valence-corrected chi connectivity index (χ0v) is 19.8. The van der Waals surface area contributed by atoms with Gasteiger partial charge in [-0.3, -0.25) is 4.79 Å². The zero-order valence-electron chi connectivity index (χ0n) is 19.8. The van der Waals surface area contributed by atoms with Gasteiger partial charge in [0.25, 0.3) is 5.91 Å². The zero-order chi connectivity index (χ0) is 26.2. The second-order valence-corrected chi connectivity index (χ2v) is 8.85. The summed E-state index contributed by atoms with van der Waals surface area (Å²) < 4.78 is 13.9. The van der Waals surface area contributed by atoms with Gasteiger partial charge >= 0.3 is 0 Å². The van der Waals surface area contributed by atoms with Crippen LogP contribution in [0.5, 0.6) is 0 Å². The first-order chi connectivity index (χ1) is 18.0. The molecule has 2 aromatic carbocycles. The van der Waals surface area contributed by atoms with Crippen LogP contribution in [-0.2, 0) is 20.8 Å². The molecule has 0 radical (unpaired) electrons. The molecule has 0 saturated carbocycles. The molecule has 8 nitrogen and oxygen atoms in total. The van der Waals surface area contributed by atoms with Crippen molar-refractivity contribution in [2.75, 3.05) is 6.54 Å². The maximum absolute atomic E-state index is 13.9. The van der Waals surface area contributed by atoms with Gasteiger partial charge in [-0.15, -0.1) is 0 Å². The van der Waals surface area contributed by atoms with Gasteiger partial charge in [-0.25, -0.2) is 18.8 Å². The van der Waals surface area contributed by atoms with Gasteiger partial charge in [0.15, 0.2) is 0 Å². The number of allylic oxidation sites excluding steroid dienone is 1. The molecule has 0 bridgehead atoms. The Hall–Kier alpha value is -4.67. The van der Waals surface area contributed by atoms with Gasteiger partial charge in [-0.05, 0) is 49.1 Å². The number of amides is 1. The SMILES string of the molecule is O=C=C[C@H](C[C@@H]1CCNC1=C=O)NC(=C=O)[C@H](Cc1cccc(F)c1)NC(=O)c1cc2ccccc2[nH]1. The molecule has 3 aromatic rings. The molecule has 1 amide bonds. The largest absolute Gasteiger partial charge is 0.379 e. The summed E-state index contributed by atoms with van der Waals surface area (Å²) in [4.78, 5) is 50.7. The van der Waals surface area contributed by atoms with E-state index in [0.29, 0.717) is 30.6 Å². The van der Waals surface area contributed by atoms with Crippen LogP contribution >= 0.6 is 0 Å². The lowest BCUT2D eigenvalue weighted by Crippen LogP contribution is -2.45. The molecule has 188 valence electrons. The fourth-order valence-electron chi connectivity index (χ4n) is 4.54. The van der Waals surface area contributed by atoms with E-state index in [-0.39, 0.29) is 23.7 Å². The Kier molecular flexibility index (Phi) is 8.14. The summed E-state index contributed by atoms with van der Waals surface area (Å²) in [5, 5.41) is 9.61. The standard InChI is InChI=1S/C28H25FN4O4/c29-21-6-3-4-18(12-21)13-24(33-28(37)25-15-19-5-1-2-7-23(19)32-25)27(17-36)31-22(9-11-34)14-20-8-10-30-26(20)16-35/h1-7,9,12,15,20,22,24,30-32H,8,10,13-14H2,(H,33,37)/t20-,22+,24-/m0/s1. The van der Waals surface area contributed by atoms with E-state index in [0.717, 1.165) is 10.9 Å². The summed E-state index contributed by atoms with van der Waals surface area (Å²) in [5.74, 6) is 4.35. The Morgan fingerprint density at radius 1 is 1.11 bits per heavy atom. The molecule has 4 N–H and O–H groups in total. The first-order valence-electron chi connectivity index (χ1n) is 11.8. The fraction of sp³-hybridized carbons (Fsp3) is 0.250. The van der Waals surface area contributed by atoms with Crippen LogP contribution in [0.3, 0.4) is 0 Å². The molecule has 1 aliphatic heterocycles. The molecule has 0 unspecified atom stereocenters. The molecule has 2 heterocycles. The highest BCUT2D eigenvalue weighted by Crippen LogP contribution is 2.23. The molecule has 1 aromatic heterocycles. The minimum atomic E-state index is -0.913. The molecule has 1 fully saturated rings. The molecule has 9 heteroatoms. The van der Waals surface area contributed by atoms with Crippen LogP contribution < -0.4 is 16.0 Å². The van der Waals surface area contributed by atoms with Crippen LogP contribution in [0, 0.1) is 11.7 Å². The second-order valence-electron chi connectivity index (χ2n) is 8.85. The highest BCUT2D eigenvalue weighted by molar-refractivity contribution is 5.98. The molecule has 3 atom stereocenters. The van der Waals surface area contributed by atoms with E-state index < -0.39 is 23.8 Å². The van der Waals surface area contributed by atoms with E-state index >= 15 is 0 Å². The molecular weight excluding hydrogens is 475 g/mol. The number of carbonyl (C=O) groups excluding carboxylic acids is 4. The number of rotatable bonds is 10. The van der Waals surface area contributed by atoms with Crippen LogP contribution in [0.25, 0.3) is 10.9 Å². The van der Waals surface area contributed by atoms with E-state index in [1.54, 1.807) is 18.1 Å². The van der Waals surface area contributed by atoms with E-state index in [1.165, 1.54) is 24.3 Å². The van der Waals surface area contributed by atoms with E-state index in [4.69, 9.17) is 0 Å². The molecule has 1 saturated heterocycles. The van der Waals surface area contributed by atoms with Crippen molar-refractivity contribution in [1.29, 1.82) is 0 Å². The Bertz CT molecular complexity index is 1410. The minimum Gasteiger partial charge on any atom is -0.379 e. The number of nitrogens with one attached hydrogen (secondary N) is 4. The summed E-state index contributed by atoms with van der Waals surface area (Å²) in [5.41, 5.74) is 2.00. The summed E-state index contributed by atoms with van der Waals surface area (Å²) in [6.45, 7) is 0.603. The van der Waals surface area contributed by atoms with Gasteiger partial charge in [0.2, 0.25) is 0 Å². The number of aromatic amines is 1. The van der Waals surface area contributed by atoms with Gasteiger partial charge < -0.3 is 20.9 Å². The van der Waals surface area contributed by atoms with Crippen molar-refractivity contribution in [3.63, 3.8) is 0 Å². The smallest absolute Gasteiger partial charge is 0.268 e. The van der Waals surface area contributed by atoms with Gasteiger partial charge in [0.05, 0.1) is 17.8 Å². The number of benzene rings is 2. The lowest BCUT2D eigenvalue weighted by atomic mass is 9.95. The number of para-hydroxylation sites is 1. The van der Waals surface area contributed by atoms with E-state index in [9.17, 15) is 23.6 Å². The number of halogens is 1. The van der Waals surface area contributed by atoms with Crippen molar-refractivity contribution >= 4 is 34.6 Å². The van der Waals surface area contributed by atoms with Crippen LogP contribution in [0.1, 0.15) is 28.9 Å². The minimum absolute atomic E-state index is 0.0205. The third kappa shape index (κ3) is 6.31. The Labute approximate surface area is 212 Å². The van der Waals surface area contributed by atoms with Crippen molar-refractivity contribution in [3.05, 3.63) is 89.1 Å². The summed E-state index contributed by atoms with van der Waals surface area (Å²) in [7, 11) is 0. The third-order valence-corrected chi connectivity index (χ3v) is 6.34. The lowest BCUT2D eigenvalue weighted by molar-refractivity contribution is 0.0937. The predicted molar refractivity (Wildman–Crippen MR) is 136 cm³/mol. The molecule has 0 aliphatic carbocycles. The Morgan fingerprint density at radius 3 is 2.68 bits per heavy atom. The van der Waals surface area contributed by atoms with Crippen LogP contribution in [0.2, 0.25) is 0 Å². The molecule has 37 heavy (non-hydrogen) atoms.